The summed E-state index contributed by atoms with van der Waals surface area (Å²) in [4.78, 5) is 0. The van der Waals surface area contributed by atoms with Crippen molar-refractivity contribution in [1.82, 2.24) is 10.2 Å². The average Bonchev–Trinajstić information content (AvgIpc) is 2.58. The highest BCUT2D eigenvalue weighted by atomic mass is 79.9. The number of rotatable bonds is 1. The van der Waals surface area contributed by atoms with E-state index in [4.69, 9.17) is 10.2 Å². The summed E-state index contributed by atoms with van der Waals surface area (Å²) < 4.78 is 7.00. The molecule has 0 unspecified atom stereocenters. The topological polar surface area (TPSA) is 64.9 Å². The molecule has 0 saturated carbocycles. The van der Waals surface area contributed by atoms with Crippen molar-refractivity contribution in [2.24, 2.45) is 0 Å². The van der Waals surface area contributed by atoms with Gasteiger partial charge in [-0.15, -0.1) is 16.4 Å². The molecule has 0 saturated heterocycles. The highest BCUT2D eigenvalue weighted by molar-refractivity contribution is 9.12. The Morgan fingerprint density at radius 3 is 2.62 bits per heavy atom. The van der Waals surface area contributed by atoms with Gasteiger partial charge in [-0.25, -0.2) is 0 Å². The summed E-state index contributed by atoms with van der Waals surface area (Å²) in [6.07, 6.45) is 0. The summed E-state index contributed by atoms with van der Waals surface area (Å²) in [5, 5.41) is 7.35. The van der Waals surface area contributed by atoms with E-state index in [0.29, 0.717) is 5.89 Å². The van der Waals surface area contributed by atoms with Gasteiger partial charge < -0.3 is 10.2 Å². The molecule has 0 fully saturated rings. The molecular weight excluding hydrogens is 322 g/mol. The van der Waals surface area contributed by atoms with Crippen LogP contribution >= 0.6 is 43.2 Å². The number of aromatic nitrogens is 2. The maximum atomic E-state index is 5.31. The van der Waals surface area contributed by atoms with Crippen molar-refractivity contribution in [3.63, 3.8) is 0 Å². The second-order valence-electron chi connectivity index (χ2n) is 2.18. The van der Waals surface area contributed by atoms with E-state index in [2.05, 4.69) is 42.1 Å². The maximum absolute atomic E-state index is 5.31. The second-order valence-corrected chi connectivity index (χ2v) is 5.93. The van der Waals surface area contributed by atoms with Crippen LogP contribution in [0.5, 0.6) is 0 Å². The Hall–Kier alpha value is -0.400. The standard InChI is InChI=1S/C6H3Br2N3OS/c7-3-1-2(4(8)13-3)5-10-11-6(9)12-5/h1H,(H2,9,11). The number of hydrogen-bond donors (Lipinski definition) is 1. The van der Waals surface area contributed by atoms with Crippen LogP contribution in [0.4, 0.5) is 6.01 Å². The summed E-state index contributed by atoms with van der Waals surface area (Å²) in [7, 11) is 0. The first-order chi connectivity index (χ1) is 6.16. The first kappa shape index (κ1) is 9.17. The fourth-order valence-corrected chi connectivity index (χ4v) is 3.61. The molecule has 0 aliphatic rings. The van der Waals surface area contributed by atoms with Gasteiger partial charge in [-0.1, -0.05) is 5.10 Å². The molecule has 0 aliphatic carbocycles. The molecule has 0 atom stereocenters. The number of nitrogen functional groups attached to an aromatic ring is 1. The Balaban J connectivity index is 2.51. The van der Waals surface area contributed by atoms with Gasteiger partial charge in [0.2, 0.25) is 0 Å². The van der Waals surface area contributed by atoms with Crippen molar-refractivity contribution in [1.29, 1.82) is 0 Å². The molecule has 2 aromatic heterocycles. The van der Waals surface area contributed by atoms with E-state index < -0.39 is 0 Å². The fraction of sp³-hybridized carbons (Fsp3) is 0. The molecule has 2 aromatic rings. The van der Waals surface area contributed by atoms with Crippen LogP contribution in [0.15, 0.2) is 18.1 Å². The third kappa shape index (κ3) is 1.77. The Morgan fingerprint density at radius 1 is 1.38 bits per heavy atom. The molecular formula is C6H3Br2N3OS. The van der Waals surface area contributed by atoms with Crippen molar-refractivity contribution in [2.75, 3.05) is 5.73 Å². The van der Waals surface area contributed by atoms with Crippen LogP contribution in [0.1, 0.15) is 0 Å². The number of thiophene rings is 1. The predicted octanol–water partition coefficient (Wildman–Crippen LogP) is 2.91. The van der Waals surface area contributed by atoms with Gasteiger partial charge in [-0.3, -0.25) is 0 Å². The van der Waals surface area contributed by atoms with Crippen molar-refractivity contribution < 1.29 is 4.42 Å². The number of hydrogen-bond acceptors (Lipinski definition) is 5. The van der Waals surface area contributed by atoms with Gasteiger partial charge in [0.1, 0.15) is 0 Å². The van der Waals surface area contributed by atoms with E-state index in [1.807, 2.05) is 6.07 Å². The van der Waals surface area contributed by atoms with Gasteiger partial charge in [-0.2, -0.15) is 0 Å². The molecule has 0 aliphatic heterocycles. The van der Waals surface area contributed by atoms with E-state index in [-0.39, 0.29) is 6.01 Å². The minimum Gasteiger partial charge on any atom is -0.403 e. The third-order valence-electron chi connectivity index (χ3n) is 1.33. The Kier molecular flexibility index (Phi) is 2.39. The lowest BCUT2D eigenvalue weighted by molar-refractivity contribution is 0.590. The van der Waals surface area contributed by atoms with E-state index in [9.17, 15) is 0 Å². The van der Waals surface area contributed by atoms with Gasteiger partial charge in [0.05, 0.1) is 13.1 Å². The predicted molar refractivity (Wildman–Crippen MR) is 57.4 cm³/mol. The van der Waals surface area contributed by atoms with Crippen LogP contribution in [0, 0.1) is 0 Å². The number of anilines is 1. The lowest BCUT2D eigenvalue weighted by Gasteiger charge is -1.87. The molecule has 13 heavy (non-hydrogen) atoms. The monoisotopic (exact) mass is 323 g/mol. The van der Waals surface area contributed by atoms with Crippen molar-refractivity contribution >= 4 is 49.2 Å². The Morgan fingerprint density at radius 2 is 2.15 bits per heavy atom. The second kappa shape index (κ2) is 3.39. The largest absolute Gasteiger partial charge is 0.403 e. The SMILES string of the molecule is Nc1nnc(-c2cc(Br)sc2Br)o1. The van der Waals surface area contributed by atoms with Crippen LogP contribution in [0.2, 0.25) is 0 Å². The molecule has 0 aromatic carbocycles. The van der Waals surface area contributed by atoms with Gasteiger partial charge in [0, 0.05) is 0 Å². The summed E-state index contributed by atoms with van der Waals surface area (Å²) >= 11 is 8.28. The summed E-state index contributed by atoms with van der Waals surface area (Å²) in [5.74, 6) is 0.423. The molecule has 7 heteroatoms. The summed E-state index contributed by atoms with van der Waals surface area (Å²) in [6, 6.07) is 1.96. The molecule has 0 amide bonds. The average molecular weight is 325 g/mol. The minimum atomic E-state index is 0.0734. The molecule has 2 heterocycles. The van der Waals surface area contributed by atoms with E-state index >= 15 is 0 Å². The molecule has 0 spiro atoms. The number of nitrogens with two attached hydrogens (primary N) is 1. The van der Waals surface area contributed by atoms with E-state index in [1.165, 1.54) is 11.3 Å². The molecule has 0 bridgehead atoms. The molecule has 2 N–H and O–H groups in total. The Labute approximate surface area is 94.4 Å². The summed E-state index contributed by atoms with van der Waals surface area (Å²) in [6.45, 7) is 0. The van der Waals surface area contributed by atoms with Gasteiger partial charge in [0.25, 0.3) is 5.89 Å². The van der Waals surface area contributed by atoms with Gasteiger partial charge in [-0.05, 0) is 37.9 Å². The van der Waals surface area contributed by atoms with Crippen LogP contribution < -0.4 is 5.73 Å². The molecule has 2 rings (SSSR count). The van der Waals surface area contributed by atoms with Crippen LogP contribution in [0.3, 0.4) is 0 Å². The molecule has 4 nitrogen and oxygen atoms in total. The first-order valence-electron chi connectivity index (χ1n) is 3.21. The zero-order chi connectivity index (χ0) is 9.42. The quantitative estimate of drug-likeness (QED) is 0.876. The van der Waals surface area contributed by atoms with E-state index in [0.717, 1.165) is 13.1 Å². The van der Waals surface area contributed by atoms with Gasteiger partial charge in [0.15, 0.2) is 0 Å². The van der Waals surface area contributed by atoms with Crippen LogP contribution in [-0.4, -0.2) is 10.2 Å². The summed E-state index contributed by atoms with van der Waals surface area (Å²) in [5.41, 5.74) is 6.16. The lowest BCUT2D eigenvalue weighted by atomic mass is 10.3. The van der Waals surface area contributed by atoms with Crippen LogP contribution in [-0.2, 0) is 0 Å². The molecule has 0 radical (unpaired) electrons. The number of nitrogens with zero attached hydrogens (tertiary/aromatic N) is 2. The lowest BCUT2D eigenvalue weighted by Crippen LogP contribution is -1.81. The van der Waals surface area contributed by atoms with Crippen molar-refractivity contribution in [2.45, 2.75) is 0 Å². The molecule has 68 valence electrons. The van der Waals surface area contributed by atoms with Gasteiger partial charge >= 0.3 is 6.01 Å². The third-order valence-corrected chi connectivity index (χ3v) is 3.67. The normalized spacial score (nSPS) is 10.6. The van der Waals surface area contributed by atoms with E-state index in [1.54, 1.807) is 0 Å². The maximum Gasteiger partial charge on any atom is 0.313 e. The minimum absolute atomic E-state index is 0.0734. The Bertz CT molecular complexity index is 439. The highest BCUT2D eigenvalue weighted by Crippen LogP contribution is 2.37. The fourth-order valence-electron chi connectivity index (χ4n) is 0.829. The zero-order valence-corrected chi connectivity index (χ0v) is 10.1. The van der Waals surface area contributed by atoms with Crippen molar-refractivity contribution in [3.05, 3.63) is 13.6 Å². The first-order valence-corrected chi connectivity index (χ1v) is 5.61. The van der Waals surface area contributed by atoms with Crippen molar-refractivity contribution in [3.8, 4) is 11.5 Å². The smallest absolute Gasteiger partial charge is 0.313 e. The zero-order valence-electron chi connectivity index (χ0n) is 6.12. The number of halogens is 2. The highest BCUT2D eigenvalue weighted by Gasteiger charge is 2.13. The van der Waals surface area contributed by atoms with Crippen LogP contribution in [0.25, 0.3) is 11.5 Å².